The van der Waals surface area contributed by atoms with E-state index in [9.17, 15) is 13.2 Å². The summed E-state index contributed by atoms with van der Waals surface area (Å²) in [4.78, 5) is 11.0. The van der Waals surface area contributed by atoms with Crippen LogP contribution in [0.3, 0.4) is 0 Å². The number of carbonyl (C=O) groups is 1. The molecule has 3 N–H and O–H groups in total. The van der Waals surface area contributed by atoms with Crippen LogP contribution in [0.25, 0.3) is 0 Å². The standard InChI is InChI=1S/C10H13ClN2O5S/c1-18-5-4-12-19(16,17)13-9-3-2-7(11)6-8(9)10(14)15/h2-3,6,12-13H,4-5H2,1H3,(H,14,15). The third-order valence-corrected chi connectivity index (χ3v) is 3.36. The number of carboxylic acids is 1. The van der Waals surface area contributed by atoms with Crippen molar-refractivity contribution in [2.75, 3.05) is 25.0 Å². The molecule has 0 aliphatic rings. The predicted molar refractivity (Wildman–Crippen MR) is 70.8 cm³/mol. The van der Waals surface area contributed by atoms with Gasteiger partial charge in [0.1, 0.15) is 0 Å². The lowest BCUT2D eigenvalue weighted by molar-refractivity contribution is 0.0698. The van der Waals surface area contributed by atoms with Crippen LogP contribution in [0.15, 0.2) is 18.2 Å². The molecule has 1 aromatic carbocycles. The predicted octanol–water partition coefficient (Wildman–Crippen LogP) is 0.931. The minimum Gasteiger partial charge on any atom is -0.478 e. The van der Waals surface area contributed by atoms with E-state index in [0.717, 1.165) is 6.07 Å². The third-order valence-electron chi connectivity index (χ3n) is 2.05. The monoisotopic (exact) mass is 308 g/mol. The zero-order valence-electron chi connectivity index (χ0n) is 10.0. The largest absolute Gasteiger partial charge is 0.478 e. The first kappa shape index (κ1) is 15.7. The first-order valence-corrected chi connectivity index (χ1v) is 7.01. The SMILES string of the molecule is COCCNS(=O)(=O)Nc1ccc(Cl)cc1C(=O)O. The van der Waals surface area contributed by atoms with Gasteiger partial charge in [0, 0.05) is 18.7 Å². The van der Waals surface area contributed by atoms with Gasteiger partial charge in [0.15, 0.2) is 0 Å². The van der Waals surface area contributed by atoms with E-state index in [-0.39, 0.29) is 29.4 Å². The van der Waals surface area contributed by atoms with Crippen LogP contribution < -0.4 is 9.44 Å². The van der Waals surface area contributed by atoms with Crippen molar-refractivity contribution in [3.05, 3.63) is 28.8 Å². The average molecular weight is 309 g/mol. The highest BCUT2D eigenvalue weighted by Gasteiger charge is 2.16. The van der Waals surface area contributed by atoms with E-state index in [1.54, 1.807) is 0 Å². The Morgan fingerprint density at radius 3 is 2.74 bits per heavy atom. The van der Waals surface area contributed by atoms with Crippen molar-refractivity contribution < 1.29 is 23.1 Å². The molecule has 1 aromatic rings. The normalized spacial score (nSPS) is 11.3. The van der Waals surface area contributed by atoms with E-state index in [1.165, 1.54) is 19.2 Å². The molecule has 0 heterocycles. The van der Waals surface area contributed by atoms with Crippen molar-refractivity contribution in [3.63, 3.8) is 0 Å². The van der Waals surface area contributed by atoms with E-state index in [0.29, 0.717) is 0 Å². The molecule has 1 rings (SSSR count). The molecule has 0 bridgehead atoms. The Kier molecular flexibility index (Phi) is 5.55. The Labute approximate surface area is 115 Å². The van der Waals surface area contributed by atoms with Crippen LogP contribution in [-0.4, -0.2) is 39.8 Å². The number of nitrogens with one attached hydrogen (secondary N) is 2. The van der Waals surface area contributed by atoms with Gasteiger partial charge in [0.2, 0.25) is 0 Å². The lowest BCUT2D eigenvalue weighted by Crippen LogP contribution is -2.33. The second kappa shape index (κ2) is 6.71. The Hall–Kier alpha value is -1.35. The quantitative estimate of drug-likeness (QED) is 0.650. The van der Waals surface area contributed by atoms with Gasteiger partial charge < -0.3 is 9.84 Å². The first-order valence-electron chi connectivity index (χ1n) is 5.15. The van der Waals surface area contributed by atoms with E-state index >= 15 is 0 Å². The minimum atomic E-state index is -3.86. The number of carboxylic acid groups (broad SMARTS) is 1. The van der Waals surface area contributed by atoms with Crippen molar-refractivity contribution in [1.29, 1.82) is 0 Å². The number of halogens is 1. The summed E-state index contributed by atoms with van der Waals surface area (Å²) in [6, 6.07) is 3.83. The molecule has 0 fully saturated rings. The van der Waals surface area contributed by atoms with Gasteiger partial charge in [-0.15, -0.1) is 0 Å². The molecule has 0 aromatic heterocycles. The van der Waals surface area contributed by atoms with Crippen LogP contribution in [0.2, 0.25) is 5.02 Å². The van der Waals surface area contributed by atoms with Gasteiger partial charge in [-0.3, -0.25) is 4.72 Å². The van der Waals surface area contributed by atoms with Gasteiger partial charge in [0.25, 0.3) is 10.2 Å². The maximum absolute atomic E-state index is 11.6. The van der Waals surface area contributed by atoms with Crippen LogP contribution in [0.1, 0.15) is 10.4 Å². The fourth-order valence-electron chi connectivity index (χ4n) is 1.24. The molecule has 0 unspecified atom stereocenters. The van der Waals surface area contributed by atoms with Crippen molar-refractivity contribution in [2.24, 2.45) is 0 Å². The summed E-state index contributed by atoms with van der Waals surface area (Å²) in [5.41, 5.74) is -0.300. The molecule has 0 amide bonds. The van der Waals surface area contributed by atoms with E-state index in [4.69, 9.17) is 21.4 Å². The number of aromatic carboxylic acids is 1. The summed E-state index contributed by atoms with van der Waals surface area (Å²) in [7, 11) is -2.43. The molecule has 0 atom stereocenters. The number of methoxy groups -OCH3 is 1. The fourth-order valence-corrected chi connectivity index (χ4v) is 2.31. The molecule has 0 aliphatic heterocycles. The molecule has 0 radical (unpaired) electrons. The fraction of sp³-hybridized carbons (Fsp3) is 0.300. The number of benzene rings is 1. The summed E-state index contributed by atoms with van der Waals surface area (Å²) in [6.07, 6.45) is 0. The Morgan fingerprint density at radius 2 is 2.16 bits per heavy atom. The van der Waals surface area contributed by atoms with E-state index in [2.05, 4.69) is 9.44 Å². The second-order valence-corrected chi connectivity index (χ2v) is 5.42. The lowest BCUT2D eigenvalue weighted by atomic mass is 10.2. The van der Waals surface area contributed by atoms with Gasteiger partial charge in [0.05, 0.1) is 17.9 Å². The number of ether oxygens (including phenoxy) is 1. The molecule has 9 heteroatoms. The zero-order valence-corrected chi connectivity index (χ0v) is 11.6. The zero-order chi connectivity index (χ0) is 14.5. The Morgan fingerprint density at radius 1 is 1.47 bits per heavy atom. The van der Waals surface area contributed by atoms with Gasteiger partial charge >= 0.3 is 5.97 Å². The van der Waals surface area contributed by atoms with Crippen molar-refractivity contribution >= 4 is 33.5 Å². The van der Waals surface area contributed by atoms with Crippen LogP contribution in [0.4, 0.5) is 5.69 Å². The maximum atomic E-state index is 11.6. The summed E-state index contributed by atoms with van der Waals surface area (Å²) in [5.74, 6) is -1.28. The van der Waals surface area contributed by atoms with Crippen LogP contribution in [0.5, 0.6) is 0 Å². The molecule has 0 saturated heterocycles. The second-order valence-electron chi connectivity index (χ2n) is 3.49. The minimum absolute atomic E-state index is 0.0678. The molecule has 0 saturated carbocycles. The van der Waals surface area contributed by atoms with E-state index in [1.807, 2.05) is 0 Å². The molecule has 19 heavy (non-hydrogen) atoms. The van der Waals surface area contributed by atoms with Gasteiger partial charge in [-0.25, -0.2) is 4.79 Å². The molecular formula is C10H13ClN2O5S. The summed E-state index contributed by atoms with van der Waals surface area (Å²) >= 11 is 5.66. The number of hydrogen-bond donors (Lipinski definition) is 3. The first-order chi connectivity index (χ1) is 8.85. The third kappa shape index (κ3) is 5.03. The summed E-state index contributed by atoms with van der Waals surface area (Å²) in [5, 5.41) is 9.17. The van der Waals surface area contributed by atoms with Gasteiger partial charge in [-0.1, -0.05) is 11.6 Å². The van der Waals surface area contributed by atoms with Gasteiger partial charge in [-0.05, 0) is 18.2 Å². The summed E-state index contributed by atoms with van der Waals surface area (Å²) in [6.45, 7) is 0.273. The highest BCUT2D eigenvalue weighted by atomic mass is 35.5. The molecule has 7 nitrogen and oxygen atoms in total. The maximum Gasteiger partial charge on any atom is 0.337 e. The average Bonchev–Trinajstić information content (AvgIpc) is 2.31. The highest BCUT2D eigenvalue weighted by molar-refractivity contribution is 7.90. The van der Waals surface area contributed by atoms with Gasteiger partial charge in [-0.2, -0.15) is 13.1 Å². The Bertz CT molecular complexity index is 561. The number of anilines is 1. The molecular weight excluding hydrogens is 296 g/mol. The van der Waals surface area contributed by atoms with Crippen molar-refractivity contribution in [3.8, 4) is 0 Å². The van der Waals surface area contributed by atoms with Crippen LogP contribution >= 0.6 is 11.6 Å². The molecule has 0 aliphatic carbocycles. The molecule has 106 valence electrons. The van der Waals surface area contributed by atoms with E-state index < -0.39 is 16.2 Å². The number of hydrogen-bond acceptors (Lipinski definition) is 4. The highest BCUT2D eigenvalue weighted by Crippen LogP contribution is 2.21. The van der Waals surface area contributed by atoms with Crippen molar-refractivity contribution in [1.82, 2.24) is 4.72 Å². The van der Waals surface area contributed by atoms with Crippen LogP contribution in [0, 0.1) is 0 Å². The smallest absolute Gasteiger partial charge is 0.337 e. The number of rotatable bonds is 7. The summed E-state index contributed by atoms with van der Waals surface area (Å²) < 4.78 is 32.3. The lowest BCUT2D eigenvalue weighted by Gasteiger charge is -2.11. The van der Waals surface area contributed by atoms with Crippen molar-refractivity contribution in [2.45, 2.75) is 0 Å². The Balaban J connectivity index is 2.90. The molecule has 0 spiro atoms. The van der Waals surface area contributed by atoms with Crippen LogP contribution in [-0.2, 0) is 14.9 Å². The topological polar surface area (TPSA) is 105 Å².